The van der Waals surface area contributed by atoms with Gasteiger partial charge in [-0.25, -0.2) is 19.9 Å². The van der Waals surface area contributed by atoms with Gasteiger partial charge in [0, 0.05) is 87.2 Å². The number of carbonyl (C=O) groups is 1. The lowest BCUT2D eigenvalue weighted by Crippen LogP contribution is -2.44. The van der Waals surface area contributed by atoms with Crippen LogP contribution in [-0.4, -0.2) is 97.6 Å². The van der Waals surface area contributed by atoms with E-state index in [0.29, 0.717) is 59.2 Å². The summed E-state index contributed by atoms with van der Waals surface area (Å²) < 4.78 is 44.4. The molecule has 0 radical (unpaired) electrons. The van der Waals surface area contributed by atoms with Gasteiger partial charge in [0.25, 0.3) is 5.91 Å². The summed E-state index contributed by atoms with van der Waals surface area (Å²) in [5.74, 6) is 3.07. The Bertz CT molecular complexity index is 2250. The molecule has 4 aromatic heterocycles. The van der Waals surface area contributed by atoms with Crippen LogP contribution >= 0.6 is 0 Å². The van der Waals surface area contributed by atoms with E-state index >= 15 is 0 Å². The molecule has 2 aromatic carbocycles. The quantitative estimate of drug-likeness (QED) is 0.132. The van der Waals surface area contributed by atoms with Gasteiger partial charge in [0.2, 0.25) is 0 Å². The van der Waals surface area contributed by atoms with Crippen molar-refractivity contribution in [1.82, 2.24) is 44.4 Å². The number of nitrogens with two attached hydrogens (primary N) is 1. The first-order valence-electron chi connectivity index (χ1n) is 17.1. The van der Waals surface area contributed by atoms with Gasteiger partial charge in [-0.05, 0) is 49.9 Å². The van der Waals surface area contributed by atoms with Crippen LogP contribution in [0.15, 0.2) is 85.7 Å². The molecule has 286 valence electrons. The molecule has 1 saturated heterocycles. The highest BCUT2D eigenvalue weighted by Gasteiger charge is 2.33. The molecule has 5 heterocycles. The first-order chi connectivity index (χ1) is 26.4. The summed E-state index contributed by atoms with van der Waals surface area (Å²) in [6.45, 7) is 4.50. The highest BCUT2D eigenvalue weighted by atomic mass is 19.4. The maximum Gasteiger partial charge on any atom is 0.416 e. The number of amides is 1. The third-order valence-corrected chi connectivity index (χ3v) is 8.70. The molecule has 1 aliphatic rings. The lowest BCUT2D eigenvalue weighted by atomic mass is 10.1. The molecule has 0 bridgehead atoms. The van der Waals surface area contributed by atoms with Gasteiger partial charge in [0.15, 0.2) is 11.6 Å². The van der Waals surface area contributed by atoms with Crippen LogP contribution in [0.25, 0.3) is 11.6 Å². The van der Waals surface area contributed by atoms with Crippen LogP contribution in [0.3, 0.4) is 0 Å². The van der Waals surface area contributed by atoms with Crippen molar-refractivity contribution in [2.24, 2.45) is 0 Å². The number of benzene rings is 2. The summed E-state index contributed by atoms with van der Waals surface area (Å²) in [6.07, 6.45) is 1.55. The Morgan fingerprint density at radius 1 is 0.782 bits per heavy atom. The number of nitrogens with zero attached hydrogens (tertiary/aromatic N) is 10. The van der Waals surface area contributed by atoms with E-state index < -0.39 is 17.6 Å². The molecule has 0 spiro atoms. The van der Waals surface area contributed by atoms with E-state index in [1.54, 1.807) is 72.3 Å². The van der Waals surface area contributed by atoms with Crippen molar-refractivity contribution in [3.8, 4) is 11.6 Å². The number of aromatic nitrogens is 8. The molecule has 19 heteroatoms. The van der Waals surface area contributed by atoms with E-state index in [1.807, 2.05) is 24.9 Å². The van der Waals surface area contributed by atoms with Crippen molar-refractivity contribution in [1.29, 1.82) is 0 Å². The summed E-state index contributed by atoms with van der Waals surface area (Å²) in [4.78, 5) is 33.7. The van der Waals surface area contributed by atoms with Gasteiger partial charge in [0.05, 0.1) is 18.0 Å². The SMILES string of the molecule is CNc1cc(-n2nccc2N)ncn1.CNc1cc(-n2nccc2Nc2cc(NC(=O)c3cc(N4CCN(C)CC4)cc(C(F)(F)F)c3)ccc2C)ncn1. The smallest absolute Gasteiger partial charge is 0.384 e. The third-order valence-electron chi connectivity index (χ3n) is 8.70. The maximum absolute atomic E-state index is 13.8. The number of piperazine rings is 1. The predicted molar refractivity (Wildman–Crippen MR) is 205 cm³/mol. The van der Waals surface area contributed by atoms with Crippen LogP contribution in [0.2, 0.25) is 0 Å². The summed E-state index contributed by atoms with van der Waals surface area (Å²) in [6, 6.07) is 15.7. The van der Waals surface area contributed by atoms with Crippen molar-refractivity contribution >= 4 is 46.2 Å². The third kappa shape index (κ3) is 9.25. The van der Waals surface area contributed by atoms with E-state index in [0.717, 1.165) is 36.6 Å². The fourth-order valence-electron chi connectivity index (χ4n) is 5.61. The van der Waals surface area contributed by atoms with Crippen molar-refractivity contribution in [2.45, 2.75) is 13.1 Å². The van der Waals surface area contributed by atoms with Crippen LogP contribution in [-0.2, 0) is 6.18 Å². The molecule has 0 saturated carbocycles. The second-order valence-corrected chi connectivity index (χ2v) is 12.5. The van der Waals surface area contributed by atoms with Gasteiger partial charge in [0.1, 0.15) is 35.9 Å². The minimum atomic E-state index is -4.58. The summed E-state index contributed by atoms with van der Waals surface area (Å²) in [5.41, 5.74) is 7.12. The Morgan fingerprint density at radius 2 is 1.42 bits per heavy atom. The molecule has 1 amide bonds. The van der Waals surface area contributed by atoms with E-state index in [2.05, 4.69) is 56.3 Å². The lowest BCUT2D eigenvalue weighted by molar-refractivity contribution is -0.137. The fraction of sp³-hybridized carbons (Fsp3) is 0.250. The molecule has 55 heavy (non-hydrogen) atoms. The molecule has 1 aliphatic heterocycles. The van der Waals surface area contributed by atoms with Crippen molar-refractivity contribution in [2.75, 3.05) is 79.2 Å². The largest absolute Gasteiger partial charge is 0.416 e. The van der Waals surface area contributed by atoms with Gasteiger partial charge in [-0.2, -0.15) is 32.7 Å². The van der Waals surface area contributed by atoms with E-state index in [1.165, 1.54) is 18.7 Å². The van der Waals surface area contributed by atoms with Crippen molar-refractivity contribution in [3.05, 3.63) is 102 Å². The summed E-state index contributed by atoms with van der Waals surface area (Å²) in [7, 11) is 5.51. The predicted octanol–water partition coefficient (Wildman–Crippen LogP) is 5.07. The minimum absolute atomic E-state index is 0.0639. The number of likely N-dealkylation sites (N-methyl/N-ethyl adjacent to an activating group) is 1. The van der Waals surface area contributed by atoms with Crippen LogP contribution in [0.5, 0.6) is 0 Å². The van der Waals surface area contributed by atoms with Crippen molar-refractivity contribution in [3.63, 3.8) is 0 Å². The van der Waals surface area contributed by atoms with Crippen LogP contribution in [0, 0.1) is 6.92 Å². The molecule has 16 nitrogen and oxygen atoms in total. The Kier molecular flexibility index (Phi) is 11.4. The zero-order valence-corrected chi connectivity index (χ0v) is 30.5. The van der Waals surface area contributed by atoms with Crippen molar-refractivity contribution < 1.29 is 18.0 Å². The Balaban J connectivity index is 0.000000307. The molecule has 6 N–H and O–H groups in total. The second-order valence-electron chi connectivity index (χ2n) is 12.5. The number of aryl methyl sites for hydroxylation is 1. The number of nitrogens with one attached hydrogen (secondary N) is 4. The van der Waals surface area contributed by atoms with Gasteiger partial charge in [-0.1, -0.05) is 6.07 Å². The number of anilines is 7. The number of alkyl halides is 3. The number of carbonyl (C=O) groups excluding carboxylic acids is 1. The first kappa shape index (κ1) is 38.0. The molecular weight excluding hydrogens is 715 g/mol. The highest BCUT2D eigenvalue weighted by molar-refractivity contribution is 6.05. The molecular formula is C36H40F3N15O. The topological polar surface area (TPSA) is 185 Å². The average molecular weight is 756 g/mol. The molecule has 0 aliphatic carbocycles. The number of halogens is 3. The number of nitrogen functional groups attached to an aromatic ring is 1. The zero-order valence-electron chi connectivity index (χ0n) is 30.5. The summed E-state index contributed by atoms with van der Waals surface area (Å²) in [5, 5.41) is 20.3. The van der Waals surface area contributed by atoms with E-state index in [4.69, 9.17) is 5.73 Å². The highest BCUT2D eigenvalue weighted by Crippen LogP contribution is 2.34. The molecule has 7 rings (SSSR count). The van der Waals surface area contributed by atoms with Gasteiger partial charge >= 0.3 is 6.18 Å². The van der Waals surface area contributed by atoms with Crippen LogP contribution < -0.4 is 31.9 Å². The number of hydrogen-bond donors (Lipinski definition) is 5. The second kappa shape index (κ2) is 16.5. The average Bonchev–Trinajstić information content (AvgIpc) is 3.85. The number of rotatable bonds is 9. The first-order valence-corrected chi connectivity index (χ1v) is 17.1. The Hall–Kier alpha value is -6.76. The van der Waals surface area contributed by atoms with E-state index in [-0.39, 0.29) is 5.56 Å². The molecule has 0 unspecified atom stereocenters. The minimum Gasteiger partial charge on any atom is -0.384 e. The van der Waals surface area contributed by atoms with Gasteiger partial charge in [-0.15, -0.1) is 0 Å². The molecule has 0 atom stereocenters. The van der Waals surface area contributed by atoms with E-state index in [9.17, 15) is 18.0 Å². The Labute approximate surface area is 314 Å². The van der Waals surface area contributed by atoms with Crippen LogP contribution in [0.1, 0.15) is 21.5 Å². The maximum atomic E-state index is 13.8. The molecule has 1 fully saturated rings. The standard InChI is InChI=1S/C28H30F3N9O.C8H10N6/c1-18-4-5-21(15-23(18)37-25-6-7-35-40(25)26-16-24(32-2)33-17-34-26)36-27(41)19-12-20(28(29,30)31)14-22(13-19)39-10-8-38(3)9-11-39;1-10-7-4-8(12-5-11-7)14-6(9)2-3-13-14/h4-7,12-17,37H,8-11H2,1-3H3,(H,36,41)(H,32,33,34);2-5H,9H2,1H3,(H,10,11,12). The van der Waals surface area contributed by atoms with Gasteiger partial charge in [-0.3, -0.25) is 4.79 Å². The van der Waals surface area contributed by atoms with Gasteiger partial charge < -0.3 is 36.8 Å². The number of hydrogen-bond acceptors (Lipinski definition) is 13. The zero-order chi connectivity index (χ0) is 39.1. The fourth-order valence-corrected chi connectivity index (χ4v) is 5.61. The monoisotopic (exact) mass is 755 g/mol. The van der Waals surface area contributed by atoms with Crippen LogP contribution in [0.4, 0.5) is 53.5 Å². The normalized spacial score (nSPS) is 13.1. The lowest BCUT2D eigenvalue weighted by Gasteiger charge is -2.34. The summed E-state index contributed by atoms with van der Waals surface area (Å²) >= 11 is 0. The Morgan fingerprint density at radius 3 is 2.04 bits per heavy atom. The molecule has 6 aromatic rings.